The molecule has 2 heterocycles. The minimum absolute atomic E-state index is 0.0318. The monoisotopic (exact) mass is 453 g/mol. The number of imidazole rings is 1. The summed E-state index contributed by atoms with van der Waals surface area (Å²) in [6.45, 7) is 1.99. The van der Waals surface area contributed by atoms with Gasteiger partial charge in [-0.25, -0.2) is 4.98 Å². The molecule has 5 aromatic rings. The maximum Gasteiger partial charge on any atom is 0.416 e. The summed E-state index contributed by atoms with van der Waals surface area (Å²) in [5.41, 5.74) is 4.94. The van der Waals surface area contributed by atoms with Gasteiger partial charge in [0.15, 0.2) is 5.65 Å². The molecule has 0 amide bonds. The summed E-state index contributed by atoms with van der Waals surface area (Å²) in [5, 5.41) is 10.0. The van der Waals surface area contributed by atoms with Crippen LogP contribution in [0.15, 0.2) is 78.9 Å². The predicted octanol–water partition coefficient (Wildman–Crippen LogP) is 7.52. The highest BCUT2D eigenvalue weighted by Crippen LogP contribution is 2.34. The molecule has 0 unspecified atom stereocenters. The fraction of sp³-hybridized carbons (Fsp3) is 0.0714. The molecule has 0 saturated carbocycles. The van der Waals surface area contributed by atoms with Crippen LogP contribution in [0.3, 0.4) is 0 Å². The molecule has 0 fully saturated rings. The van der Waals surface area contributed by atoms with Gasteiger partial charge in [0, 0.05) is 0 Å². The first-order valence-corrected chi connectivity index (χ1v) is 10.6. The topological polar surface area (TPSA) is 41.1 Å². The van der Waals surface area contributed by atoms with Gasteiger partial charge in [0.25, 0.3) is 0 Å². The molecule has 0 saturated heterocycles. The Morgan fingerprint density at radius 2 is 1.62 bits per heavy atom. The number of fused-ring (bicyclic) bond motifs is 3. The standard InChI is InChI=1S/C28H18F3N3/c1-18-7-6-9-21(15-18)26-16-20(14-13-19-8-2-3-10-23(19)28(29,30)31)22(17-32)27-33-24-11-4-5-12-25(24)34(26)27/h2-16H,1H3. The van der Waals surface area contributed by atoms with Crippen LogP contribution in [-0.2, 0) is 6.18 Å². The van der Waals surface area contributed by atoms with Crippen molar-refractivity contribution in [1.29, 1.82) is 5.26 Å². The fourth-order valence-corrected chi connectivity index (χ4v) is 4.19. The molecule has 2 aromatic heterocycles. The Kier molecular flexibility index (Phi) is 5.18. The number of benzene rings is 3. The average Bonchev–Trinajstić information content (AvgIpc) is 3.21. The third-order valence-electron chi connectivity index (χ3n) is 5.74. The van der Waals surface area contributed by atoms with Crippen molar-refractivity contribution in [2.75, 3.05) is 0 Å². The van der Waals surface area contributed by atoms with Gasteiger partial charge in [-0.1, -0.05) is 66.2 Å². The molecule has 0 spiro atoms. The Bertz CT molecular complexity index is 1620. The van der Waals surface area contributed by atoms with E-state index in [0.717, 1.165) is 33.9 Å². The molecule has 34 heavy (non-hydrogen) atoms. The molecule has 0 radical (unpaired) electrons. The van der Waals surface area contributed by atoms with Crippen molar-refractivity contribution >= 4 is 28.8 Å². The van der Waals surface area contributed by atoms with E-state index < -0.39 is 11.7 Å². The van der Waals surface area contributed by atoms with E-state index in [1.54, 1.807) is 12.1 Å². The molecule has 6 heteroatoms. The Hall–Kier alpha value is -4.37. The number of rotatable bonds is 3. The normalized spacial score (nSPS) is 12.0. The average molecular weight is 453 g/mol. The molecule has 3 nitrogen and oxygen atoms in total. The van der Waals surface area contributed by atoms with Crippen molar-refractivity contribution in [2.24, 2.45) is 0 Å². The summed E-state index contributed by atoms with van der Waals surface area (Å²) in [5.74, 6) is 0. The third kappa shape index (κ3) is 3.71. The molecule has 0 bridgehead atoms. The lowest BCUT2D eigenvalue weighted by molar-refractivity contribution is -0.137. The number of hydrogen-bond acceptors (Lipinski definition) is 2. The number of nitriles is 1. The number of halogens is 3. The lowest BCUT2D eigenvalue weighted by atomic mass is 10.0. The largest absolute Gasteiger partial charge is 0.416 e. The number of aromatic nitrogens is 2. The zero-order chi connectivity index (χ0) is 23.9. The van der Waals surface area contributed by atoms with E-state index in [1.165, 1.54) is 18.2 Å². The lowest BCUT2D eigenvalue weighted by Gasteiger charge is -2.12. The van der Waals surface area contributed by atoms with Crippen LogP contribution >= 0.6 is 0 Å². The van der Waals surface area contributed by atoms with Gasteiger partial charge in [-0.2, -0.15) is 18.4 Å². The van der Waals surface area contributed by atoms with Gasteiger partial charge < -0.3 is 0 Å². The van der Waals surface area contributed by atoms with Crippen molar-refractivity contribution in [3.63, 3.8) is 0 Å². The van der Waals surface area contributed by atoms with Gasteiger partial charge in [-0.15, -0.1) is 0 Å². The molecule has 0 N–H and O–H groups in total. The van der Waals surface area contributed by atoms with Crippen LogP contribution in [0.4, 0.5) is 13.2 Å². The second-order valence-electron chi connectivity index (χ2n) is 8.02. The Labute approximate surface area is 194 Å². The van der Waals surface area contributed by atoms with E-state index in [4.69, 9.17) is 4.98 Å². The quantitative estimate of drug-likeness (QED) is 0.283. The first kappa shape index (κ1) is 21.5. The van der Waals surface area contributed by atoms with E-state index in [2.05, 4.69) is 6.07 Å². The zero-order valence-corrected chi connectivity index (χ0v) is 18.1. The van der Waals surface area contributed by atoms with Crippen molar-refractivity contribution in [3.05, 3.63) is 107 Å². The third-order valence-corrected chi connectivity index (χ3v) is 5.74. The van der Waals surface area contributed by atoms with Gasteiger partial charge in [0.1, 0.15) is 11.6 Å². The predicted molar refractivity (Wildman–Crippen MR) is 128 cm³/mol. The summed E-state index contributed by atoms with van der Waals surface area (Å²) in [6, 6.07) is 25.0. The molecule has 5 rings (SSSR count). The van der Waals surface area contributed by atoms with Gasteiger partial charge in [-0.3, -0.25) is 4.40 Å². The van der Waals surface area contributed by atoms with Crippen molar-refractivity contribution in [2.45, 2.75) is 13.1 Å². The van der Waals surface area contributed by atoms with E-state index in [9.17, 15) is 18.4 Å². The van der Waals surface area contributed by atoms with Crippen molar-refractivity contribution < 1.29 is 13.2 Å². The minimum Gasteiger partial charge on any atom is -0.291 e. The first-order chi connectivity index (χ1) is 16.4. The van der Waals surface area contributed by atoms with Crippen LogP contribution in [-0.4, -0.2) is 9.38 Å². The van der Waals surface area contributed by atoms with Crippen LogP contribution in [0, 0.1) is 18.3 Å². The fourth-order valence-electron chi connectivity index (χ4n) is 4.19. The van der Waals surface area contributed by atoms with E-state index in [1.807, 2.05) is 65.9 Å². The maximum atomic E-state index is 13.5. The maximum absolute atomic E-state index is 13.5. The second-order valence-corrected chi connectivity index (χ2v) is 8.02. The lowest BCUT2D eigenvalue weighted by Crippen LogP contribution is -2.06. The minimum atomic E-state index is -4.48. The Morgan fingerprint density at radius 1 is 0.882 bits per heavy atom. The molecule has 3 aromatic carbocycles. The van der Waals surface area contributed by atoms with Gasteiger partial charge >= 0.3 is 6.18 Å². The van der Waals surface area contributed by atoms with Crippen LogP contribution in [0.1, 0.15) is 27.8 Å². The van der Waals surface area contributed by atoms with Gasteiger partial charge in [-0.05, 0) is 53.9 Å². The summed E-state index contributed by atoms with van der Waals surface area (Å²) in [6.07, 6.45) is -1.52. The SMILES string of the molecule is Cc1cccc(-c2cc(C=Cc3ccccc3C(F)(F)F)c(C#N)c3nc4ccccc4n23)c1. The van der Waals surface area contributed by atoms with Crippen LogP contribution in [0.5, 0.6) is 0 Å². The highest BCUT2D eigenvalue weighted by atomic mass is 19.4. The number of para-hydroxylation sites is 2. The van der Waals surface area contributed by atoms with Gasteiger partial charge in [0.05, 0.1) is 22.3 Å². The Balaban J connectivity index is 1.80. The molecule has 0 atom stereocenters. The van der Waals surface area contributed by atoms with E-state index >= 15 is 0 Å². The number of nitrogens with zero attached hydrogens (tertiary/aromatic N) is 3. The van der Waals surface area contributed by atoms with E-state index in [-0.39, 0.29) is 5.56 Å². The molecular weight excluding hydrogens is 435 g/mol. The van der Waals surface area contributed by atoms with Crippen molar-refractivity contribution in [3.8, 4) is 17.3 Å². The summed E-state index contributed by atoms with van der Waals surface area (Å²) in [7, 11) is 0. The van der Waals surface area contributed by atoms with Crippen molar-refractivity contribution in [1.82, 2.24) is 9.38 Å². The number of alkyl halides is 3. The molecule has 0 aliphatic carbocycles. The number of aryl methyl sites for hydroxylation is 1. The second kappa shape index (κ2) is 8.20. The highest BCUT2D eigenvalue weighted by molar-refractivity contribution is 5.89. The molecule has 0 aliphatic heterocycles. The smallest absolute Gasteiger partial charge is 0.291 e. The van der Waals surface area contributed by atoms with Crippen LogP contribution in [0.25, 0.3) is 40.1 Å². The summed E-state index contributed by atoms with van der Waals surface area (Å²) in [4.78, 5) is 4.69. The summed E-state index contributed by atoms with van der Waals surface area (Å²) < 4.78 is 42.3. The first-order valence-electron chi connectivity index (χ1n) is 10.6. The molecular formula is C28H18F3N3. The van der Waals surface area contributed by atoms with Crippen LogP contribution in [0.2, 0.25) is 0 Å². The number of hydrogen-bond donors (Lipinski definition) is 0. The summed E-state index contributed by atoms with van der Waals surface area (Å²) >= 11 is 0. The highest BCUT2D eigenvalue weighted by Gasteiger charge is 2.32. The Morgan fingerprint density at radius 3 is 2.38 bits per heavy atom. The van der Waals surface area contributed by atoms with Crippen LogP contribution < -0.4 is 0 Å². The molecule has 166 valence electrons. The zero-order valence-electron chi connectivity index (χ0n) is 18.1. The van der Waals surface area contributed by atoms with E-state index in [0.29, 0.717) is 16.8 Å². The molecule has 0 aliphatic rings. The van der Waals surface area contributed by atoms with Gasteiger partial charge in [0.2, 0.25) is 0 Å². The number of pyridine rings is 1.